The smallest absolute Gasteiger partial charge is 0.274 e. The van der Waals surface area contributed by atoms with Gasteiger partial charge in [-0.1, -0.05) is 11.6 Å². The van der Waals surface area contributed by atoms with E-state index in [1.165, 1.54) is 0 Å². The van der Waals surface area contributed by atoms with Crippen LogP contribution in [0, 0.1) is 6.92 Å². The fraction of sp³-hybridized carbons (Fsp3) is 0.471. The van der Waals surface area contributed by atoms with Crippen LogP contribution < -0.4 is 4.74 Å². The molecule has 2 aromatic heterocycles. The third-order valence-electron chi connectivity index (χ3n) is 4.11. The maximum absolute atomic E-state index is 12.9. The Kier molecular flexibility index (Phi) is 5.04. The highest BCUT2D eigenvalue weighted by Crippen LogP contribution is 2.25. The van der Waals surface area contributed by atoms with Crippen molar-refractivity contribution in [2.24, 2.45) is 0 Å². The molecule has 0 aromatic carbocycles. The number of nitrogens with zero attached hydrogens (tertiary/aromatic N) is 4. The van der Waals surface area contributed by atoms with Crippen molar-refractivity contribution in [2.75, 3.05) is 13.2 Å². The van der Waals surface area contributed by atoms with E-state index in [1.54, 1.807) is 12.1 Å². The van der Waals surface area contributed by atoms with Crippen molar-refractivity contribution >= 4 is 17.5 Å². The molecule has 3 heterocycles. The second-order valence-electron chi connectivity index (χ2n) is 5.95. The fourth-order valence-corrected chi connectivity index (χ4v) is 3.20. The number of halogens is 1. The van der Waals surface area contributed by atoms with E-state index in [9.17, 15) is 4.79 Å². The molecule has 1 fully saturated rings. The Morgan fingerprint density at radius 3 is 3.00 bits per heavy atom. The SMILES string of the molecule is CCOc1ccc(Cl)c(C(=O)N2CCCC2Cn2cc(C)cn2)n1. The number of hydrogen-bond donors (Lipinski definition) is 0. The molecule has 3 rings (SSSR count). The van der Waals surface area contributed by atoms with Crippen molar-refractivity contribution in [1.82, 2.24) is 19.7 Å². The number of pyridine rings is 1. The van der Waals surface area contributed by atoms with Crippen LogP contribution >= 0.6 is 11.6 Å². The Balaban J connectivity index is 1.79. The first-order valence-electron chi connectivity index (χ1n) is 8.18. The summed E-state index contributed by atoms with van der Waals surface area (Å²) in [5.74, 6) is 0.275. The Bertz CT molecular complexity index is 731. The highest BCUT2D eigenvalue weighted by molar-refractivity contribution is 6.33. The normalized spacial score (nSPS) is 17.3. The van der Waals surface area contributed by atoms with Crippen molar-refractivity contribution in [3.63, 3.8) is 0 Å². The van der Waals surface area contributed by atoms with Crippen molar-refractivity contribution < 1.29 is 9.53 Å². The largest absolute Gasteiger partial charge is 0.478 e. The standard InChI is InChI=1S/C17H21ClN4O2/c1-3-24-15-7-6-14(18)16(20-15)17(23)22-8-4-5-13(22)11-21-10-12(2)9-19-21/h6-7,9-10,13H,3-5,8,11H2,1-2H3. The van der Waals surface area contributed by atoms with E-state index >= 15 is 0 Å². The summed E-state index contributed by atoms with van der Waals surface area (Å²) in [5, 5.41) is 4.67. The van der Waals surface area contributed by atoms with Crippen LogP contribution in [0.3, 0.4) is 0 Å². The van der Waals surface area contributed by atoms with Gasteiger partial charge in [-0.05, 0) is 38.3 Å². The summed E-state index contributed by atoms with van der Waals surface area (Å²) in [4.78, 5) is 19.1. The maximum atomic E-state index is 12.9. The lowest BCUT2D eigenvalue weighted by molar-refractivity contribution is 0.0714. The lowest BCUT2D eigenvalue weighted by Crippen LogP contribution is -2.38. The molecule has 128 valence electrons. The van der Waals surface area contributed by atoms with E-state index in [2.05, 4.69) is 10.1 Å². The molecule has 1 saturated heterocycles. The molecule has 24 heavy (non-hydrogen) atoms. The summed E-state index contributed by atoms with van der Waals surface area (Å²) in [7, 11) is 0. The maximum Gasteiger partial charge on any atom is 0.274 e. The molecular weight excluding hydrogens is 328 g/mol. The predicted molar refractivity (Wildman–Crippen MR) is 91.4 cm³/mol. The molecule has 0 saturated carbocycles. The van der Waals surface area contributed by atoms with Crippen LogP contribution in [0.25, 0.3) is 0 Å². The van der Waals surface area contributed by atoms with E-state index in [1.807, 2.05) is 35.8 Å². The lowest BCUT2D eigenvalue weighted by atomic mass is 10.2. The molecule has 0 bridgehead atoms. The summed E-state index contributed by atoms with van der Waals surface area (Å²) in [6.45, 7) is 5.76. The van der Waals surface area contributed by atoms with Gasteiger partial charge in [0.05, 0.1) is 30.4 Å². The molecule has 1 aliphatic heterocycles. The zero-order chi connectivity index (χ0) is 17.1. The number of rotatable bonds is 5. The number of carbonyl (C=O) groups is 1. The Hall–Kier alpha value is -2.08. The quantitative estimate of drug-likeness (QED) is 0.833. The summed E-state index contributed by atoms with van der Waals surface area (Å²) in [6, 6.07) is 3.44. The van der Waals surface area contributed by atoms with Gasteiger partial charge in [0.2, 0.25) is 5.88 Å². The van der Waals surface area contributed by atoms with Gasteiger partial charge < -0.3 is 9.64 Å². The van der Waals surface area contributed by atoms with E-state index in [0.717, 1.165) is 18.4 Å². The van der Waals surface area contributed by atoms with E-state index in [-0.39, 0.29) is 17.6 Å². The average Bonchev–Trinajstić information content (AvgIpc) is 3.18. The van der Waals surface area contributed by atoms with Gasteiger partial charge in [-0.25, -0.2) is 4.98 Å². The van der Waals surface area contributed by atoms with E-state index in [4.69, 9.17) is 16.3 Å². The van der Waals surface area contributed by atoms with Crippen LogP contribution in [0.2, 0.25) is 5.02 Å². The monoisotopic (exact) mass is 348 g/mol. The minimum Gasteiger partial charge on any atom is -0.478 e. The fourth-order valence-electron chi connectivity index (χ4n) is 3.01. The molecule has 0 spiro atoms. The van der Waals surface area contributed by atoms with Crippen molar-refractivity contribution in [1.29, 1.82) is 0 Å². The molecule has 1 unspecified atom stereocenters. The summed E-state index contributed by atoms with van der Waals surface area (Å²) >= 11 is 6.20. The molecule has 1 aliphatic rings. The number of hydrogen-bond acceptors (Lipinski definition) is 4. The van der Waals surface area contributed by atoms with Crippen LogP contribution in [-0.4, -0.2) is 44.8 Å². The molecular formula is C17H21ClN4O2. The Morgan fingerprint density at radius 1 is 1.46 bits per heavy atom. The highest BCUT2D eigenvalue weighted by atomic mass is 35.5. The van der Waals surface area contributed by atoms with Gasteiger partial charge in [0.25, 0.3) is 5.91 Å². The Morgan fingerprint density at radius 2 is 2.29 bits per heavy atom. The number of aromatic nitrogens is 3. The van der Waals surface area contributed by atoms with Gasteiger partial charge in [-0.15, -0.1) is 0 Å². The second kappa shape index (κ2) is 7.21. The number of aryl methyl sites for hydroxylation is 1. The zero-order valence-corrected chi connectivity index (χ0v) is 14.7. The van der Waals surface area contributed by atoms with E-state index in [0.29, 0.717) is 30.6 Å². The third kappa shape index (κ3) is 3.53. The van der Waals surface area contributed by atoms with Crippen LogP contribution in [0.15, 0.2) is 24.5 Å². The average molecular weight is 349 g/mol. The minimum atomic E-state index is -0.145. The molecule has 2 aromatic rings. The summed E-state index contributed by atoms with van der Waals surface area (Å²) < 4.78 is 7.27. The molecule has 1 amide bonds. The molecule has 0 radical (unpaired) electrons. The second-order valence-corrected chi connectivity index (χ2v) is 6.35. The first-order chi connectivity index (χ1) is 11.6. The molecule has 0 N–H and O–H groups in total. The van der Waals surface area contributed by atoms with Crippen molar-refractivity contribution in [2.45, 2.75) is 39.3 Å². The molecule has 7 heteroatoms. The first-order valence-corrected chi connectivity index (χ1v) is 8.55. The van der Waals surface area contributed by atoms with Crippen LogP contribution in [0.5, 0.6) is 5.88 Å². The van der Waals surface area contributed by atoms with Crippen LogP contribution in [0.4, 0.5) is 0 Å². The van der Waals surface area contributed by atoms with Crippen LogP contribution in [0.1, 0.15) is 35.8 Å². The van der Waals surface area contributed by atoms with Gasteiger partial charge in [-0.2, -0.15) is 5.10 Å². The lowest BCUT2D eigenvalue weighted by Gasteiger charge is -2.24. The topological polar surface area (TPSA) is 60.2 Å². The van der Waals surface area contributed by atoms with Crippen LogP contribution in [-0.2, 0) is 6.54 Å². The van der Waals surface area contributed by atoms with E-state index < -0.39 is 0 Å². The first kappa shape index (κ1) is 16.8. The highest BCUT2D eigenvalue weighted by Gasteiger charge is 2.31. The number of likely N-dealkylation sites (tertiary alicyclic amines) is 1. The van der Waals surface area contributed by atoms with Gasteiger partial charge in [0.15, 0.2) is 5.69 Å². The zero-order valence-electron chi connectivity index (χ0n) is 13.9. The Labute approximate surface area is 146 Å². The summed E-state index contributed by atoms with van der Waals surface area (Å²) in [6.07, 6.45) is 5.74. The molecule has 6 nitrogen and oxygen atoms in total. The molecule has 1 atom stereocenters. The minimum absolute atomic E-state index is 0.102. The van der Waals surface area contributed by atoms with Gasteiger partial charge >= 0.3 is 0 Å². The molecule has 0 aliphatic carbocycles. The van der Waals surface area contributed by atoms with Crippen molar-refractivity contribution in [3.05, 3.63) is 40.8 Å². The third-order valence-corrected chi connectivity index (χ3v) is 4.42. The summed E-state index contributed by atoms with van der Waals surface area (Å²) in [5.41, 5.74) is 1.37. The van der Waals surface area contributed by atoms with Gasteiger partial charge in [-0.3, -0.25) is 9.48 Å². The van der Waals surface area contributed by atoms with Gasteiger partial charge in [0, 0.05) is 18.8 Å². The van der Waals surface area contributed by atoms with Crippen molar-refractivity contribution in [3.8, 4) is 5.88 Å². The number of carbonyl (C=O) groups excluding carboxylic acids is 1. The predicted octanol–water partition coefficient (Wildman–Crippen LogP) is 2.94. The number of amides is 1. The number of ether oxygens (including phenoxy) is 1. The van der Waals surface area contributed by atoms with Gasteiger partial charge in [0.1, 0.15) is 0 Å².